The molecular formula is C20H21N3O4S. The summed E-state index contributed by atoms with van der Waals surface area (Å²) in [5.74, 6) is -0.302. The Bertz CT molecular complexity index is 962. The van der Waals surface area contributed by atoms with Gasteiger partial charge in [-0.2, -0.15) is 4.31 Å². The molecule has 2 fully saturated rings. The zero-order chi connectivity index (χ0) is 19.6. The SMILES string of the molecule is O=C(/C=C/c1cccnc1)Nc1ccc(S(=O)(=O)N2CC3CCC(C2)O3)cc1. The van der Waals surface area contributed by atoms with Crippen molar-refractivity contribution in [1.29, 1.82) is 0 Å². The molecular weight excluding hydrogens is 378 g/mol. The molecule has 0 radical (unpaired) electrons. The summed E-state index contributed by atoms with van der Waals surface area (Å²) in [5.41, 5.74) is 1.35. The highest BCUT2D eigenvalue weighted by Gasteiger charge is 2.39. The predicted molar refractivity (Wildman–Crippen MR) is 105 cm³/mol. The highest BCUT2D eigenvalue weighted by Crippen LogP contribution is 2.30. The van der Waals surface area contributed by atoms with Crippen LogP contribution < -0.4 is 5.32 Å². The van der Waals surface area contributed by atoms with Crippen molar-refractivity contribution < 1.29 is 17.9 Å². The molecule has 2 aliphatic rings. The first-order valence-electron chi connectivity index (χ1n) is 9.15. The van der Waals surface area contributed by atoms with Gasteiger partial charge in [0.2, 0.25) is 15.9 Å². The number of morpholine rings is 1. The van der Waals surface area contributed by atoms with Crippen LogP contribution in [0.5, 0.6) is 0 Å². The van der Waals surface area contributed by atoms with Crippen molar-refractivity contribution in [3.05, 3.63) is 60.4 Å². The summed E-state index contributed by atoms with van der Waals surface area (Å²) in [6.07, 6.45) is 8.20. The number of sulfonamides is 1. The Hall–Kier alpha value is -2.55. The second kappa shape index (κ2) is 7.83. The van der Waals surface area contributed by atoms with Crippen LogP contribution in [0.25, 0.3) is 6.08 Å². The van der Waals surface area contributed by atoms with Gasteiger partial charge in [-0.05, 0) is 54.8 Å². The maximum Gasteiger partial charge on any atom is 0.248 e. The average molecular weight is 399 g/mol. The lowest BCUT2D eigenvalue weighted by atomic mass is 10.2. The zero-order valence-electron chi connectivity index (χ0n) is 15.2. The summed E-state index contributed by atoms with van der Waals surface area (Å²) in [6.45, 7) is 0.799. The van der Waals surface area contributed by atoms with E-state index in [2.05, 4.69) is 10.3 Å². The van der Waals surface area contributed by atoms with E-state index in [1.54, 1.807) is 36.7 Å². The van der Waals surface area contributed by atoms with E-state index in [1.165, 1.54) is 22.5 Å². The van der Waals surface area contributed by atoms with Gasteiger partial charge in [0, 0.05) is 37.2 Å². The second-order valence-corrected chi connectivity index (χ2v) is 8.85. The molecule has 1 amide bonds. The molecule has 2 unspecified atom stereocenters. The Morgan fingerprint density at radius 1 is 1.14 bits per heavy atom. The van der Waals surface area contributed by atoms with Crippen molar-refractivity contribution in [3.63, 3.8) is 0 Å². The van der Waals surface area contributed by atoms with Crippen LogP contribution in [0, 0.1) is 0 Å². The maximum atomic E-state index is 12.9. The number of aromatic nitrogens is 1. The fourth-order valence-electron chi connectivity index (χ4n) is 3.46. The summed E-state index contributed by atoms with van der Waals surface area (Å²) in [6, 6.07) is 9.86. The molecule has 0 spiro atoms. The summed E-state index contributed by atoms with van der Waals surface area (Å²) >= 11 is 0. The van der Waals surface area contributed by atoms with Crippen LogP contribution in [0.2, 0.25) is 0 Å². The van der Waals surface area contributed by atoms with E-state index in [4.69, 9.17) is 4.74 Å². The summed E-state index contributed by atoms with van der Waals surface area (Å²) in [7, 11) is -3.56. The summed E-state index contributed by atoms with van der Waals surface area (Å²) in [4.78, 5) is 16.2. The highest BCUT2D eigenvalue weighted by atomic mass is 32.2. The minimum atomic E-state index is -3.56. The topological polar surface area (TPSA) is 88.6 Å². The van der Waals surface area contributed by atoms with Gasteiger partial charge >= 0.3 is 0 Å². The molecule has 3 heterocycles. The number of anilines is 1. The van der Waals surface area contributed by atoms with Crippen LogP contribution in [0.4, 0.5) is 5.69 Å². The van der Waals surface area contributed by atoms with Gasteiger partial charge in [0.15, 0.2) is 0 Å². The number of rotatable bonds is 5. The minimum Gasteiger partial charge on any atom is -0.372 e. The lowest BCUT2D eigenvalue weighted by molar-refractivity contribution is -0.111. The van der Waals surface area contributed by atoms with E-state index in [0.717, 1.165) is 18.4 Å². The van der Waals surface area contributed by atoms with Gasteiger partial charge in [0.1, 0.15) is 0 Å². The molecule has 2 bridgehead atoms. The standard InChI is InChI=1S/C20H21N3O4S/c24-20(10-3-15-2-1-11-21-12-15)22-16-4-8-19(9-5-16)28(25,26)23-13-17-6-7-18(14-23)27-17/h1-5,8-12,17-18H,6-7,13-14H2,(H,22,24)/b10-3+. The van der Waals surface area contributed by atoms with E-state index in [1.807, 2.05) is 6.07 Å². The summed E-state index contributed by atoms with van der Waals surface area (Å²) in [5, 5.41) is 2.72. The molecule has 2 aromatic rings. The van der Waals surface area contributed by atoms with Crippen LogP contribution in [-0.4, -0.2) is 48.9 Å². The van der Waals surface area contributed by atoms with Gasteiger partial charge in [0.05, 0.1) is 17.1 Å². The van der Waals surface area contributed by atoms with Crippen molar-refractivity contribution in [2.24, 2.45) is 0 Å². The van der Waals surface area contributed by atoms with Gasteiger partial charge in [0.25, 0.3) is 0 Å². The number of carbonyl (C=O) groups is 1. The molecule has 2 saturated heterocycles. The fraction of sp³-hybridized carbons (Fsp3) is 0.300. The Balaban J connectivity index is 1.40. The van der Waals surface area contributed by atoms with Crippen molar-refractivity contribution in [2.75, 3.05) is 18.4 Å². The minimum absolute atomic E-state index is 0.00121. The van der Waals surface area contributed by atoms with E-state index in [0.29, 0.717) is 18.8 Å². The predicted octanol–water partition coefficient (Wildman–Crippen LogP) is 2.29. The van der Waals surface area contributed by atoms with Gasteiger partial charge in [-0.15, -0.1) is 0 Å². The molecule has 8 heteroatoms. The Kier molecular flexibility index (Phi) is 5.25. The van der Waals surface area contributed by atoms with E-state index < -0.39 is 10.0 Å². The Morgan fingerprint density at radius 2 is 1.86 bits per heavy atom. The molecule has 0 saturated carbocycles. The van der Waals surface area contributed by atoms with Gasteiger partial charge in [-0.1, -0.05) is 6.07 Å². The number of benzene rings is 1. The third kappa shape index (κ3) is 4.14. The van der Waals surface area contributed by atoms with Crippen molar-refractivity contribution in [2.45, 2.75) is 29.9 Å². The number of carbonyl (C=O) groups excluding carboxylic acids is 1. The van der Waals surface area contributed by atoms with Gasteiger partial charge in [-0.25, -0.2) is 8.42 Å². The lowest BCUT2D eigenvalue weighted by Gasteiger charge is -2.31. The fourth-order valence-corrected chi connectivity index (χ4v) is 4.97. The molecule has 4 rings (SSSR count). The molecule has 0 aliphatic carbocycles. The highest BCUT2D eigenvalue weighted by molar-refractivity contribution is 7.89. The number of nitrogens with one attached hydrogen (secondary N) is 1. The number of nitrogens with zero attached hydrogens (tertiary/aromatic N) is 2. The number of hydrogen-bond donors (Lipinski definition) is 1. The van der Waals surface area contributed by atoms with Crippen LogP contribution in [-0.2, 0) is 19.6 Å². The Labute approximate surface area is 164 Å². The van der Waals surface area contributed by atoms with Crippen molar-refractivity contribution >= 4 is 27.7 Å². The van der Waals surface area contributed by atoms with Gasteiger partial charge in [-0.3, -0.25) is 9.78 Å². The molecule has 1 aromatic heterocycles. The number of pyridine rings is 1. The first-order chi connectivity index (χ1) is 13.5. The monoisotopic (exact) mass is 399 g/mol. The average Bonchev–Trinajstić information content (AvgIpc) is 3.05. The van der Waals surface area contributed by atoms with E-state index in [-0.39, 0.29) is 23.0 Å². The molecule has 2 atom stereocenters. The first-order valence-corrected chi connectivity index (χ1v) is 10.6. The quantitative estimate of drug-likeness (QED) is 0.780. The summed E-state index contributed by atoms with van der Waals surface area (Å²) < 4.78 is 32.9. The van der Waals surface area contributed by atoms with Crippen LogP contribution >= 0.6 is 0 Å². The zero-order valence-corrected chi connectivity index (χ0v) is 16.0. The van der Waals surface area contributed by atoms with E-state index in [9.17, 15) is 13.2 Å². The third-order valence-electron chi connectivity index (χ3n) is 4.88. The smallest absolute Gasteiger partial charge is 0.248 e. The molecule has 7 nitrogen and oxygen atoms in total. The normalized spacial score (nSPS) is 22.4. The van der Waals surface area contributed by atoms with Crippen molar-refractivity contribution in [1.82, 2.24) is 9.29 Å². The van der Waals surface area contributed by atoms with Crippen LogP contribution in [0.3, 0.4) is 0 Å². The molecule has 1 aromatic carbocycles. The molecule has 146 valence electrons. The number of amides is 1. The number of fused-ring (bicyclic) bond motifs is 2. The maximum absolute atomic E-state index is 12.9. The number of ether oxygens (including phenoxy) is 1. The molecule has 28 heavy (non-hydrogen) atoms. The van der Waals surface area contributed by atoms with Gasteiger partial charge < -0.3 is 10.1 Å². The second-order valence-electron chi connectivity index (χ2n) is 6.91. The lowest BCUT2D eigenvalue weighted by Crippen LogP contribution is -2.45. The largest absolute Gasteiger partial charge is 0.372 e. The molecule has 1 N–H and O–H groups in total. The third-order valence-corrected chi connectivity index (χ3v) is 6.73. The van der Waals surface area contributed by atoms with Crippen LogP contribution in [0.1, 0.15) is 18.4 Å². The van der Waals surface area contributed by atoms with Crippen LogP contribution in [0.15, 0.2) is 59.8 Å². The first kappa shape index (κ1) is 18.8. The number of hydrogen-bond acceptors (Lipinski definition) is 5. The molecule has 2 aliphatic heterocycles. The Morgan fingerprint density at radius 3 is 2.50 bits per heavy atom. The van der Waals surface area contributed by atoms with Crippen molar-refractivity contribution in [3.8, 4) is 0 Å². The van der Waals surface area contributed by atoms with E-state index >= 15 is 0 Å².